The Morgan fingerprint density at radius 1 is 0.398 bits per heavy atom. The molecule has 9 aromatic carbocycles. The van der Waals surface area contributed by atoms with E-state index in [2.05, 4.69) is 26.6 Å². The summed E-state index contributed by atoms with van der Waals surface area (Å²) in [5.74, 6) is -2.79. The summed E-state index contributed by atoms with van der Waals surface area (Å²) in [5, 5.41) is 27.6. The molecule has 5 fully saturated rings. The molecular weight excluding hydrogens is 1730 g/mol. The molecule has 4 heterocycles. The first-order chi connectivity index (χ1) is 64.5. The molecule has 6 N–H and O–H groups in total. The van der Waals surface area contributed by atoms with Crippen LogP contribution in [-0.2, 0) is 118 Å². The van der Waals surface area contributed by atoms with Crippen molar-refractivity contribution in [3.05, 3.63) is 323 Å². The number of ether oxygens (including phenoxy) is 17. The summed E-state index contributed by atoms with van der Waals surface area (Å²) in [7, 11) is -2.93. The number of fused-ring (bicyclic) bond motifs is 1. The van der Waals surface area contributed by atoms with Crippen LogP contribution >= 0.6 is 0 Å². The van der Waals surface area contributed by atoms with Gasteiger partial charge < -0.3 is 117 Å². The molecule has 0 radical (unpaired) electrons. The molecule has 1 saturated carbocycles. The van der Waals surface area contributed by atoms with E-state index in [1.807, 2.05) is 46.9 Å². The van der Waals surface area contributed by atoms with Crippen molar-refractivity contribution >= 4 is 56.7 Å². The Bertz CT molecular complexity index is 5210. The molecule has 133 heavy (non-hydrogen) atoms. The van der Waals surface area contributed by atoms with Crippen LogP contribution < -0.4 is 26.6 Å². The summed E-state index contributed by atoms with van der Waals surface area (Å²) in [5.41, 5.74) is 3.78. The first-order valence-electron chi connectivity index (χ1n) is 44.3. The van der Waals surface area contributed by atoms with Gasteiger partial charge >= 0.3 is 48.4 Å². The van der Waals surface area contributed by atoms with E-state index >= 15 is 14.4 Å². The third-order valence-corrected chi connectivity index (χ3v) is 28.0. The highest BCUT2D eigenvalue weighted by atomic mass is 28.4. The largest absolute Gasteiger partial charge is 0.453 e. The molecule has 1 aliphatic carbocycles. The lowest BCUT2D eigenvalue weighted by molar-refractivity contribution is -0.358. The second kappa shape index (κ2) is 46.7. The van der Waals surface area contributed by atoms with Gasteiger partial charge in [0.25, 0.3) is 0 Å². The van der Waals surface area contributed by atoms with Crippen molar-refractivity contribution in [2.45, 2.75) is 214 Å². The molecule has 0 spiro atoms. The minimum absolute atomic E-state index is 0.0205. The lowest BCUT2D eigenvalue weighted by atomic mass is 9.83. The summed E-state index contributed by atoms with van der Waals surface area (Å²) in [6.07, 6.45) is -31.6. The monoisotopic (exact) mass is 1840 g/mol. The lowest BCUT2D eigenvalue weighted by Crippen LogP contribution is -2.71. The van der Waals surface area contributed by atoms with Crippen LogP contribution in [0.25, 0.3) is 0 Å². The standard InChI is InChI=1S/C100H111N5O27Si/c1-7-53-115-87-83(131-92-77(104-98(113)120-59-66-41-23-11-24-42-66)84(127-89(108)69-47-29-14-30-48-69)81(126-88(107)68-45-27-13-28-46-68)74(123-92)55-101-95(110)117-56-63-35-17-8-18-36-63)76(62-122-133(5,6)100(2,3)4)125-94(87)132-86-79(106)72(102-96(111)118-57-64-37-19-9-20-38-64)54-73(103-97(112)119-58-65-39-21-10-22-40-65)80(86)129-93-78(105-99(114)121-60-67-43-25-12-26-44-67)85(128-90(109)70-49-31-15-32-50-70)82-75(124-93)61-116-91(130-82)71-51-33-16-34-52-71/h8-52,72-87,91-94,106H,7,53-62H2,1-6H3,(H,101,110)(H,102,111)(H,103,112)(H,104,113)(H,105,114). The quantitative estimate of drug-likeness (QED) is 0.0122. The van der Waals surface area contributed by atoms with Gasteiger partial charge in [-0.1, -0.05) is 264 Å². The average Bonchev–Trinajstić information content (AvgIpc) is 1.43. The van der Waals surface area contributed by atoms with Gasteiger partial charge in [-0.15, -0.1) is 0 Å². The number of alkyl carbamates (subject to hydrolysis) is 5. The van der Waals surface area contributed by atoms with Gasteiger partial charge in [-0.25, -0.2) is 38.4 Å². The minimum atomic E-state index is -2.93. The van der Waals surface area contributed by atoms with E-state index in [9.17, 15) is 29.1 Å². The van der Waals surface area contributed by atoms with Gasteiger partial charge in [-0.3, -0.25) is 0 Å². The highest BCUT2D eigenvalue weighted by Crippen LogP contribution is 2.43. The van der Waals surface area contributed by atoms with Crippen molar-refractivity contribution in [1.29, 1.82) is 0 Å². The van der Waals surface area contributed by atoms with Crippen molar-refractivity contribution in [2.75, 3.05) is 26.4 Å². The molecule has 702 valence electrons. The third-order valence-electron chi connectivity index (χ3n) is 23.5. The first kappa shape index (κ1) is 96.6. The fourth-order valence-electron chi connectivity index (χ4n) is 15.6. The lowest BCUT2D eigenvalue weighted by Gasteiger charge is -2.51. The Balaban J connectivity index is 0.900. The van der Waals surface area contributed by atoms with Gasteiger partial charge in [0.05, 0.1) is 48.5 Å². The van der Waals surface area contributed by atoms with Crippen LogP contribution in [0.5, 0.6) is 0 Å². The van der Waals surface area contributed by atoms with Crippen molar-refractivity contribution < 1.29 is 128 Å². The zero-order chi connectivity index (χ0) is 93.2. The Labute approximate surface area is 771 Å². The maximum Gasteiger partial charge on any atom is 0.407 e. The number of carbonyl (C=O) groups excluding carboxylic acids is 8. The van der Waals surface area contributed by atoms with Crippen LogP contribution in [0.15, 0.2) is 273 Å². The molecule has 5 aliphatic rings. The van der Waals surface area contributed by atoms with E-state index in [4.69, 9.17) is 85.0 Å². The number of hydrogen-bond donors (Lipinski definition) is 6. The van der Waals surface area contributed by atoms with Crippen LogP contribution in [0.3, 0.4) is 0 Å². The maximum absolute atomic E-state index is 15.1. The Morgan fingerprint density at radius 3 is 1.23 bits per heavy atom. The molecule has 32 nitrogen and oxygen atoms in total. The minimum Gasteiger partial charge on any atom is -0.453 e. The second-order valence-electron chi connectivity index (χ2n) is 34.0. The number of nitrogens with one attached hydrogen (secondary N) is 5. The van der Waals surface area contributed by atoms with Crippen LogP contribution in [-0.4, -0.2) is 204 Å². The molecule has 5 amide bonds. The molecule has 9 aromatic rings. The number of amides is 5. The summed E-state index contributed by atoms with van der Waals surface area (Å²) in [6.45, 7) is 9.44. The van der Waals surface area contributed by atoms with Crippen LogP contribution in [0, 0.1) is 0 Å². The van der Waals surface area contributed by atoms with Gasteiger partial charge in [0.2, 0.25) is 0 Å². The molecule has 4 saturated heterocycles. The average molecular weight is 1840 g/mol. The van der Waals surface area contributed by atoms with Gasteiger partial charge in [-0.2, -0.15) is 0 Å². The van der Waals surface area contributed by atoms with Crippen molar-refractivity contribution in [1.82, 2.24) is 26.6 Å². The van der Waals surface area contributed by atoms with Gasteiger partial charge in [0, 0.05) is 12.2 Å². The van der Waals surface area contributed by atoms with E-state index in [1.54, 1.807) is 231 Å². The van der Waals surface area contributed by atoms with Gasteiger partial charge in [-0.05, 0) is 95.2 Å². The molecule has 20 unspecified atom stereocenters. The maximum atomic E-state index is 15.1. The van der Waals surface area contributed by atoms with E-state index in [-0.39, 0.29) is 69.5 Å². The molecule has 4 aliphatic heterocycles. The third kappa shape index (κ3) is 26.5. The number of rotatable bonds is 35. The molecule has 20 atom stereocenters. The van der Waals surface area contributed by atoms with Crippen molar-refractivity contribution in [3.8, 4) is 0 Å². The predicted molar refractivity (Wildman–Crippen MR) is 480 cm³/mol. The van der Waals surface area contributed by atoms with Gasteiger partial charge in [0.1, 0.15) is 100 Å². The van der Waals surface area contributed by atoms with E-state index in [1.165, 1.54) is 36.4 Å². The first-order valence-corrected chi connectivity index (χ1v) is 47.2. The number of aliphatic hydroxyl groups excluding tert-OH is 1. The molecule has 0 bridgehead atoms. The Hall–Kier alpha value is -12.5. The van der Waals surface area contributed by atoms with Crippen LogP contribution in [0.4, 0.5) is 24.0 Å². The summed E-state index contributed by atoms with van der Waals surface area (Å²) < 4.78 is 120. The van der Waals surface area contributed by atoms with Crippen molar-refractivity contribution in [3.63, 3.8) is 0 Å². The van der Waals surface area contributed by atoms with Crippen LogP contribution in [0.2, 0.25) is 18.1 Å². The topological polar surface area (TPSA) is 383 Å². The normalized spacial score (nSPS) is 25.6. The smallest absolute Gasteiger partial charge is 0.407 e. The zero-order valence-corrected chi connectivity index (χ0v) is 75.4. The zero-order valence-electron chi connectivity index (χ0n) is 74.4. The predicted octanol–water partition coefficient (Wildman–Crippen LogP) is 13.8. The summed E-state index contributed by atoms with van der Waals surface area (Å²) >= 11 is 0. The van der Waals surface area contributed by atoms with E-state index in [0.717, 1.165) is 0 Å². The van der Waals surface area contributed by atoms with E-state index in [0.29, 0.717) is 39.8 Å². The molecule has 14 rings (SSSR count). The number of hydrogen-bond acceptors (Lipinski definition) is 27. The number of aliphatic hydroxyl groups is 1. The van der Waals surface area contributed by atoms with Crippen LogP contribution in [0.1, 0.15) is 111 Å². The Kier molecular flexibility index (Phi) is 33.9. The van der Waals surface area contributed by atoms with E-state index < -0.39 is 197 Å². The number of carbonyl (C=O) groups is 8. The van der Waals surface area contributed by atoms with Gasteiger partial charge in [0.15, 0.2) is 51.8 Å². The fourth-order valence-corrected chi connectivity index (χ4v) is 16.6. The molecule has 33 heteroatoms. The molecular formula is C100H111N5O27Si. The summed E-state index contributed by atoms with van der Waals surface area (Å²) in [4.78, 5) is 119. The molecule has 0 aromatic heterocycles. The highest BCUT2D eigenvalue weighted by Gasteiger charge is 2.61. The fraction of sp³-hybridized carbons (Fsp3) is 0.380. The second-order valence-corrected chi connectivity index (χ2v) is 38.8. The highest BCUT2D eigenvalue weighted by molar-refractivity contribution is 6.74. The van der Waals surface area contributed by atoms with Crippen molar-refractivity contribution in [2.24, 2.45) is 0 Å². The summed E-state index contributed by atoms with van der Waals surface area (Å²) in [6, 6.07) is 70.4. The number of esters is 3. The Morgan fingerprint density at radius 2 is 0.774 bits per heavy atom. The number of benzene rings is 9. The SMILES string of the molecule is CCCOC1C(OC2C(O)C(NC(=O)OCc3ccccc3)CC(NC(=O)OCc3ccccc3)C2OC2OC3COC(c4ccccc4)OC3C(OC(=O)c3ccccc3)C2NC(=O)OCc2ccccc2)OC(CO[Si](C)(C)C(C)(C)C)C1OC1OC(CNC(=O)OCc2ccccc2)C(OC(=O)c2ccccc2)C(OC(=O)c2ccccc2)C1NC(=O)OCc1ccccc1.